The number of methoxy groups -OCH3 is 1. The second-order valence-corrected chi connectivity index (χ2v) is 12.3. The molecule has 6 atom stereocenters. The van der Waals surface area contributed by atoms with Crippen LogP contribution in [0.25, 0.3) is 11.1 Å². The lowest BCUT2D eigenvalue weighted by Gasteiger charge is -2.45. The van der Waals surface area contributed by atoms with Crippen molar-refractivity contribution in [2.45, 2.75) is 70.3 Å². The highest BCUT2D eigenvalue weighted by molar-refractivity contribution is 5.82. The van der Waals surface area contributed by atoms with Crippen LogP contribution in [-0.2, 0) is 66.6 Å². The van der Waals surface area contributed by atoms with Crippen molar-refractivity contribution in [2.75, 3.05) is 53.4 Å². The molecule has 54 heavy (non-hydrogen) atoms. The monoisotopic (exact) mass is 758 g/mol. The van der Waals surface area contributed by atoms with Gasteiger partial charge in [-0.15, -0.1) is 0 Å². The Labute approximate surface area is 312 Å². The van der Waals surface area contributed by atoms with E-state index in [0.29, 0.717) is 6.61 Å². The molecule has 1 saturated heterocycles. The average molecular weight is 759 g/mol. The van der Waals surface area contributed by atoms with Gasteiger partial charge < -0.3 is 53.3 Å². The molecule has 2 N–H and O–H groups in total. The summed E-state index contributed by atoms with van der Waals surface area (Å²) in [6, 6.07) is 12.8. The molecule has 2 aromatic carbocycles. The molecule has 0 spiro atoms. The van der Waals surface area contributed by atoms with Gasteiger partial charge in [0.2, 0.25) is 5.91 Å². The molecule has 0 aromatic heterocycles. The van der Waals surface area contributed by atoms with Crippen LogP contribution in [0, 0.1) is 0 Å². The fraction of sp³-hybridized carbons (Fsp3) is 0.514. The summed E-state index contributed by atoms with van der Waals surface area (Å²) in [4.78, 5) is 75.0. The molecule has 1 heterocycles. The SMILES string of the molecule is COCCOCCOC(=O)[C@H](CO[C@H]1O[C@H](COC(C)=O)[C@H](OC(C)=O)[C@H](OC(C)=O)[C@H]1NC(C)=O)NC(=O)OCC1c2ccccc2-c2ccccc21. The van der Waals surface area contributed by atoms with E-state index in [-0.39, 0.29) is 32.3 Å². The minimum atomic E-state index is -1.51. The number of ether oxygens (including phenoxy) is 9. The third-order valence-electron chi connectivity index (χ3n) is 8.32. The third kappa shape index (κ3) is 11.7. The number of esters is 4. The summed E-state index contributed by atoms with van der Waals surface area (Å²) in [5, 5.41) is 5.06. The van der Waals surface area contributed by atoms with Crippen LogP contribution in [0.1, 0.15) is 44.7 Å². The summed E-state index contributed by atoms with van der Waals surface area (Å²) in [5.74, 6) is -4.05. The van der Waals surface area contributed by atoms with Crippen molar-refractivity contribution in [3.05, 3.63) is 59.7 Å². The van der Waals surface area contributed by atoms with Crippen LogP contribution in [-0.4, -0.2) is 126 Å². The van der Waals surface area contributed by atoms with Crippen molar-refractivity contribution in [1.82, 2.24) is 10.6 Å². The Morgan fingerprint density at radius 1 is 0.722 bits per heavy atom. The molecule has 17 nitrogen and oxygen atoms in total. The van der Waals surface area contributed by atoms with Gasteiger partial charge in [0.05, 0.1) is 26.4 Å². The molecule has 1 aliphatic heterocycles. The van der Waals surface area contributed by atoms with Crippen LogP contribution in [0.5, 0.6) is 0 Å². The highest BCUT2D eigenvalue weighted by Gasteiger charge is 2.51. The zero-order valence-electron chi connectivity index (χ0n) is 30.7. The van der Waals surface area contributed by atoms with E-state index >= 15 is 0 Å². The second kappa shape index (κ2) is 20.4. The molecule has 2 aromatic rings. The number of amides is 2. The Balaban J connectivity index is 1.53. The highest BCUT2D eigenvalue weighted by Crippen LogP contribution is 2.44. The van der Waals surface area contributed by atoms with Gasteiger partial charge in [-0.05, 0) is 22.3 Å². The van der Waals surface area contributed by atoms with Crippen LogP contribution in [0.4, 0.5) is 4.79 Å². The van der Waals surface area contributed by atoms with Crippen molar-refractivity contribution >= 4 is 35.9 Å². The molecule has 2 aliphatic rings. The molecule has 0 saturated carbocycles. The molecular weight excluding hydrogens is 712 g/mol. The van der Waals surface area contributed by atoms with Crippen LogP contribution in [0.15, 0.2) is 48.5 Å². The van der Waals surface area contributed by atoms with Crippen LogP contribution < -0.4 is 10.6 Å². The second-order valence-electron chi connectivity index (χ2n) is 12.3. The number of nitrogens with one attached hydrogen (secondary N) is 2. The van der Waals surface area contributed by atoms with E-state index < -0.39 is 85.8 Å². The lowest BCUT2D eigenvalue weighted by atomic mass is 9.96. The third-order valence-corrected chi connectivity index (χ3v) is 8.32. The van der Waals surface area contributed by atoms with Gasteiger partial charge in [0, 0.05) is 40.7 Å². The van der Waals surface area contributed by atoms with E-state index in [1.54, 1.807) is 0 Å². The van der Waals surface area contributed by atoms with E-state index in [4.69, 9.17) is 42.6 Å². The number of alkyl carbamates (subject to hydrolysis) is 1. The van der Waals surface area contributed by atoms with Gasteiger partial charge in [0.15, 0.2) is 24.5 Å². The molecule has 4 rings (SSSR count). The standard InChI is InChI=1S/C37H46N2O15/c1-21(40)38-32-34(53-24(4)43)33(52-23(3)42)31(20-49-22(2)41)54-36(32)50-19-30(35(44)48-17-16-47-15-14-46-5)39-37(45)51-18-29-27-12-8-6-10-25(27)26-11-7-9-13-28(26)29/h6-13,29-34,36H,14-20H2,1-5H3,(H,38,40)(H,39,45)/t30-,31+,32+,33-,34+,36-/m0/s1. The van der Waals surface area contributed by atoms with Crippen molar-refractivity contribution in [3.63, 3.8) is 0 Å². The van der Waals surface area contributed by atoms with Gasteiger partial charge in [0.1, 0.15) is 32.0 Å². The Kier molecular flexibility index (Phi) is 15.7. The van der Waals surface area contributed by atoms with Gasteiger partial charge in [-0.3, -0.25) is 19.2 Å². The lowest BCUT2D eigenvalue weighted by molar-refractivity contribution is -0.278. The van der Waals surface area contributed by atoms with E-state index in [2.05, 4.69) is 10.6 Å². The summed E-state index contributed by atoms with van der Waals surface area (Å²) in [5.41, 5.74) is 4.02. The Hall–Kier alpha value is -5.10. The van der Waals surface area contributed by atoms with Gasteiger partial charge in [-0.1, -0.05) is 48.5 Å². The Morgan fingerprint density at radius 2 is 1.33 bits per heavy atom. The Bertz CT molecular complexity index is 1590. The number of rotatable bonds is 18. The topological polar surface area (TPSA) is 210 Å². The molecule has 2 amide bonds. The summed E-state index contributed by atoms with van der Waals surface area (Å²) in [7, 11) is 1.51. The zero-order valence-corrected chi connectivity index (χ0v) is 30.7. The molecule has 0 unspecified atom stereocenters. The minimum Gasteiger partial charge on any atom is -0.463 e. The zero-order chi connectivity index (χ0) is 39.2. The van der Waals surface area contributed by atoms with Gasteiger partial charge in [0.25, 0.3) is 0 Å². The molecule has 1 fully saturated rings. The quantitative estimate of drug-likeness (QED) is 0.126. The van der Waals surface area contributed by atoms with E-state index in [0.717, 1.165) is 43.0 Å². The summed E-state index contributed by atoms with van der Waals surface area (Å²) < 4.78 is 49.3. The van der Waals surface area contributed by atoms with E-state index in [9.17, 15) is 28.8 Å². The number of carbonyl (C=O) groups excluding carboxylic acids is 6. The maximum atomic E-state index is 13.4. The fourth-order valence-corrected chi connectivity index (χ4v) is 6.12. The maximum Gasteiger partial charge on any atom is 0.407 e. The van der Waals surface area contributed by atoms with E-state index in [1.165, 1.54) is 14.0 Å². The van der Waals surface area contributed by atoms with Crippen LogP contribution in [0.2, 0.25) is 0 Å². The number of fused-ring (bicyclic) bond motifs is 3. The Morgan fingerprint density at radius 3 is 1.93 bits per heavy atom. The van der Waals surface area contributed by atoms with Gasteiger partial charge in [-0.2, -0.15) is 0 Å². The molecular formula is C37H46N2O15. The van der Waals surface area contributed by atoms with Gasteiger partial charge in [-0.25, -0.2) is 9.59 Å². The molecule has 17 heteroatoms. The first-order valence-corrected chi connectivity index (χ1v) is 17.3. The molecule has 294 valence electrons. The van der Waals surface area contributed by atoms with Gasteiger partial charge >= 0.3 is 30.0 Å². The summed E-state index contributed by atoms with van der Waals surface area (Å²) in [6.07, 6.45) is -6.49. The highest BCUT2D eigenvalue weighted by atomic mass is 16.7. The largest absolute Gasteiger partial charge is 0.463 e. The number of hydrogen-bond donors (Lipinski definition) is 2. The predicted octanol–water partition coefficient (Wildman–Crippen LogP) is 1.77. The first-order valence-electron chi connectivity index (χ1n) is 17.3. The lowest BCUT2D eigenvalue weighted by Crippen LogP contribution is -2.67. The minimum absolute atomic E-state index is 0.0311. The fourth-order valence-electron chi connectivity index (χ4n) is 6.12. The first kappa shape index (κ1) is 41.7. The maximum absolute atomic E-state index is 13.4. The molecule has 0 bridgehead atoms. The van der Waals surface area contributed by atoms with Crippen molar-refractivity contribution in [2.24, 2.45) is 0 Å². The summed E-state index contributed by atoms with van der Waals surface area (Å²) >= 11 is 0. The molecule has 0 radical (unpaired) electrons. The summed E-state index contributed by atoms with van der Waals surface area (Å²) in [6.45, 7) is 3.85. The van der Waals surface area contributed by atoms with Crippen LogP contribution >= 0.6 is 0 Å². The normalized spacial score (nSPS) is 20.7. The predicted molar refractivity (Wildman–Crippen MR) is 186 cm³/mol. The number of benzene rings is 2. The molecule has 1 aliphatic carbocycles. The van der Waals surface area contributed by atoms with E-state index in [1.807, 2.05) is 48.5 Å². The van der Waals surface area contributed by atoms with Crippen molar-refractivity contribution in [1.29, 1.82) is 0 Å². The van der Waals surface area contributed by atoms with Crippen molar-refractivity contribution < 1.29 is 71.4 Å². The smallest absolute Gasteiger partial charge is 0.407 e. The van der Waals surface area contributed by atoms with Crippen molar-refractivity contribution in [3.8, 4) is 11.1 Å². The van der Waals surface area contributed by atoms with Crippen LogP contribution in [0.3, 0.4) is 0 Å². The average Bonchev–Trinajstić information content (AvgIpc) is 3.44. The number of carbonyl (C=O) groups is 6. The first-order chi connectivity index (χ1) is 25.9. The number of hydrogen-bond acceptors (Lipinski definition) is 15.